The van der Waals surface area contributed by atoms with Gasteiger partial charge in [0.15, 0.2) is 0 Å². The molecule has 0 aliphatic carbocycles. The molecule has 3 heterocycles. The normalized spacial score (nSPS) is 30.1. The number of imidazole rings is 1. The van der Waals surface area contributed by atoms with Crippen molar-refractivity contribution in [3.05, 3.63) is 18.7 Å². The molecule has 2 aliphatic rings. The molecule has 0 saturated carbocycles. The lowest BCUT2D eigenvalue weighted by atomic mass is 9.91. The molecule has 0 spiro atoms. The summed E-state index contributed by atoms with van der Waals surface area (Å²) in [6.07, 6.45) is 12.9. The Morgan fingerprint density at radius 3 is 3.10 bits per heavy atom. The van der Waals surface area contributed by atoms with E-state index in [1.165, 1.54) is 32.2 Å². The van der Waals surface area contributed by atoms with Gasteiger partial charge < -0.3 is 4.74 Å². The largest absolute Gasteiger partial charge is 0.467 e. The molecular weight excluding hydrogens is 270 g/mol. The molecule has 0 radical (unpaired) electrons. The first-order chi connectivity index (χ1) is 9.78. The molecule has 0 amide bonds. The second-order valence-corrected chi connectivity index (χ2v) is 6.27. The van der Waals surface area contributed by atoms with Crippen molar-refractivity contribution in [2.75, 3.05) is 6.54 Å². The highest BCUT2D eigenvalue weighted by Crippen LogP contribution is 2.34. The SMILES string of the molecule is CCC[C@@H]1C[C@H](OC(=S)n2ccnc2)C[C@@H]2CCCN12. The lowest BCUT2D eigenvalue weighted by Crippen LogP contribution is -2.48. The molecule has 0 bridgehead atoms. The third kappa shape index (κ3) is 2.88. The van der Waals surface area contributed by atoms with Crippen molar-refractivity contribution in [1.82, 2.24) is 14.5 Å². The zero-order chi connectivity index (χ0) is 13.9. The van der Waals surface area contributed by atoms with Crippen LogP contribution in [0.1, 0.15) is 45.4 Å². The number of nitrogens with zero attached hydrogens (tertiary/aromatic N) is 3. The van der Waals surface area contributed by atoms with Gasteiger partial charge in [-0.15, -0.1) is 0 Å². The van der Waals surface area contributed by atoms with Gasteiger partial charge in [0, 0.05) is 24.5 Å². The van der Waals surface area contributed by atoms with Gasteiger partial charge in [0.2, 0.25) is 0 Å². The van der Waals surface area contributed by atoms with Crippen LogP contribution in [-0.4, -0.2) is 44.4 Å². The van der Waals surface area contributed by atoms with Crippen LogP contribution in [0.4, 0.5) is 0 Å². The molecule has 4 nitrogen and oxygen atoms in total. The average Bonchev–Trinajstić information content (AvgIpc) is 3.10. The van der Waals surface area contributed by atoms with E-state index in [1.807, 2.05) is 6.20 Å². The van der Waals surface area contributed by atoms with Gasteiger partial charge in [-0.25, -0.2) is 4.98 Å². The smallest absolute Gasteiger partial charge is 0.269 e. The fraction of sp³-hybridized carbons (Fsp3) is 0.733. The van der Waals surface area contributed by atoms with Crippen molar-refractivity contribution in [2.24, 2.45) is 0 Å². The van der Waals surface area contributed by atoms with Gasteiger partial charge in [-0.3, -0.25) is 9.47 Å². The number of fused-ring (bicyclic) bond motifs is 1. The summed E-state index contributed by atoms with van der Waals surface area (Å²) in [6.45, 7) is 3.54. The van der Waals surface area contributed by atoms with Gasteiger partial charge in [-0.1, -0.05) is 13.3 Å². The molecule has 0 N–H and O–H groups in total. The minimum absolute atomic E-state index is 0.265. The zero-order valence-corrected chi connectivity index (χ0v) is 12.9. The van der Waals surface area contributed by atoms with E-state index in [1.54, 1.807) is 17.1 Å². The van der Waals surface area contributed by atoms with E-state index < -0.39 is 0 Å². The van der Waals surface area contributed by atoms with Crippen LogP contribution in [0.25, 0.3) is 0 Å². The molecule has 20 heavy (non-hydrogen) atoms. The summed E-state index contributed by atoms with van der Waals surface area (Å²) in [7, 11) is 0. The van der Waals surface area contributed by atoms with Crippen LogP contribution in [-0.2, 0) is 4.74 Å². The summed E-state index contributed by atoms with van der Waals surface area (Å²) in [4.78, 5) is 6.73. The molecule has 1 aromatic rings. The van der Waals surface area contributed by atoms with Crippen LogP contribution in [0.5, 0.6) is 0 Å². The fourth-order valence-corrected chi connectivity index (χ4v) is 3.96. The Hall–Kier alpha value is -0.940. The van der Waals surface area contributed by atoms with Gasteiger partial charge in [0.05, 0.1) is 0 Å². The van der Waals surface area contributed by atoms with E-state index in [2.05, 4.69) is 16.8 Å². The molecule has 0 aromatic carbocycles. The molecule has 0 unspecified atom stereocenters. The van der Waals surface area contributed by atoms with Crippen LogP contribution >= 0.6 is 12.2 Å². The van der Waals surface area contributed by atoms with Crippen molar-refractivity contribution in [3.8, 4) is 0 Å². The Balaban J connectivity index is 1.63. The Morgan fingerprint density at radius 1 is 1.45 bits per heavy atom. The predicted molar refractivity (Wildman–Crippen MR) is 82.8 cm³/mol. The Labute approximate surface area is 126 Å². The molecule has 5 heteroatoms. The Kier molecular flexibility index (Phi) is 4.36. The number of hydrogen-bond donors (Lipinski definition) is 0. The van der Waals surface area contributed by atoms with Gasteiger partial charge in [0.25, 0.3) is 5.17 Å². The molecule has 2 fully saturated rings. The number of ether oxygens (including phenoxy) is 1. The Bertz CT molecular complexity index is 448. The first-order valence-corrected chi connectivity index (χ1v) is 8.13. The predicted octanol–water partition coefficient (Wildman–Crippen LogP) is 2.83. The van der Waals surface area contributed by atoms with Crippen LogP contribution in [0, 0.1) is 0 Å². The number of hydrogen-bond acceptors (Lipinski definition) is 4. The maximum Gasteiger partial charge on any atom is 0.269 e. The highest BCUT2D eigenvalue weighted by Gasteiger charge is 2.38. The van der Waals surface area contributed by atoms with Crippen molar-refractivity contribution in [3.63, 3.8) is 0 Å². The third-order valence-corrected chi connectivity index (χ3v) is 4.87. The lowest BCUT2D eigenvalue weighted by molar-refractivity contribution is 0.0251. The van der Waals surface area contributed by atoms with Crippen molar-refractivity contribution in [2.45, 2.75) is 63.6 Å². The van der Waals surface area contributed by atoms with Crippen LogP contribution < -0.4 is 0 Å². The van der Waals surface area contributed by atoms with Crippen LogP contribution in [0.2, 0.25) is 0 Å². The third-order valence-electron chi connectivity index (χ3n) is 4.57. The van der Waals surface area contributed by atoms with E-state index in [-0.39, 0.29) is 6.10 Å². The monoisotopic (exact) mass is 293 g/mol. The molecule has 2 saturated heterocycles. The quantitative estimate of drug-likeness (QED) is 0.802. The minimum atomic E-state index is 0.265. The summed E-state index contributed by atoms with van der Waals surface area (Å²) in [6, 6.07) is 1.38. The van der Waals surface area contributed by atoms with E-state index >= 15 is 0 Å². The van der Waals surface area contributed by atoms with Crippen molar-refractivity contribution >= 4 is 17.4 Å². The summed E-state index contributed by atoms with van der Waals surface area (Å²) < 4.78 is 7.83. The number of rotatable bonds is 3. The molecular formula is C15H23N3OS. The van der Waals surface area contributed by atoms with E-state index in [4.69, 9.17) is 17.0 Å². The molecule has 1 aromatic heterocycles. The maximum absolute atomic E-state index is 6.05. The van der Waals surface area contributed by atoms with E-state index in [0.29, 0.717) is 17.3 Å². The Morgan fingerprint density at radius 2 is 2.35 bits per heavy atom. The maximum atomic E-state index is 6.05. The van der Waals surface area contributed by atoms with Crippen LogP contribution in [0.3, 0.4) is 0 Å². The first kappa shape index (κ1) is 14.0. The number of thiocarbonyl (C=S) groups is 1. The van der Waals surface area contributed by atoms with E-state index in [9.17, 15) is 0 Å². The molecule has 110 valence electrons. The minimum Gasteiger partial charge on any atom is -0.467 e. The summed E-state index contributed by atoms with van der Waals surface area (Å²) in [5.41, 5.74) is 0. The highest BCUT2D eigenvalue weighted by atomic mass is 32.1. The van der Waals surface area contributed by atoms with Gasteiger partial charge in [0.1, 0.15) is 12.4 Å². The molecule has 2 aliphatic heterocycles. The second-order valence-electron chi connectivity index (χ2n) is 5.92. The van der Waals surface area contributed by atoms with E-state index in [0.717, 1.165) is 12.8 Å². The highest BCUT2D eigenvalue weighted by molar-refractivity contribution is 7.80. The second kappa shape index (κ2) is 6.22. The number of piperidine rings is 1. The lowest BCUT2D eigenvalue weighted by Gasteiger charge is -2.41. The van der Waals surface area contributed by atoms with Crippen LogP contribution in [0.15, 0.2) is 18.7 Å². The molecule has 3 atom stereocenters. The zero-order valence-electron chi connectivity index (χ0n) is 12.1. The fourth-order valence-electron chi connectivity index (χ4n) is 3.71. The summed E-state index contributed by atoms with van der Waals surface area (Å²) in [5.74, 6) is 0. The van der Waals surface area contributed by atoms with Gasteiger partial charge >= 0.3 is 0 Å². The molecule has 3 rings (SSSR count). The van der Waals surface area contributed by atoms with Gasteiger partial charge in [-0.05, 0) is 50.9 Å². The van der Waals surface area contributed by atoms with Crippen molar-refractivity contribution in [1.29, 1.82) is 0 Å². The average molecular weight is 293 g/mol. The standard InChI is InChI=1S/C15H23N3OS/c1-2-4-12-9-14(10-13-5-3-7-18(12)13)19-15(20)17-8-6-16-11-17/h6,8,11-14H,2-5,7,9-10H2,1H3/t12-,13+,14+/m1/s1. The summed E-state index contributed by atoms with van der Waals surface area (Å²) in [5, 5.41) is 0.536. The van der Waals surface area contributed by atoms with Gasteiger partial charge in [-0.2, -0.15) is 0 Å². The first-order valence-electron chi connectivity index (χ1n) is 7.72. The summed E-state index contributed by atoms with van der Waals surface area (Å²) >= 11 is 5.37. The number of aromatic nitrogens is 2. The van der Waals surface area contributed by atoms with Crippen molar-refractivity contribution < 1.29 is 4.74 Å². The topological polar surface area (TPSA) is 30.3 Å².